The van der Waals surface area contributed by atoms with E-state index in [0.717, 1.165) is 15.8 Å². The number of thiophene rings is 1. The molecule has 4 rings (SSSR count). The molecule has 3 aromatic rings. The van der Waals surface area contributed by atoms with Crippen molar-refractivity contribution < 1.29 is 14.3 Å². The third kappa shape index (κ3) is 2.72. The summed E-state index contributed by atoms with van der Waals surface area (Å²) in [5, 5.41) is 1.67. The molecule has 2 heterocycles. The number of carbonyl (C=O) groups is 1. The molecule has 0 radical (unpaired) electrons. The van der Waals surface area contributed by atoms with Gasteiger partial charge in [-0.25, -0.2) is 0 Å². The Bertz CT molecular complexity index is 986. The summed E-state index contributed by atoms with van der Waals surface area (Å²) in [5.41, 5.74) is 0.733. The van der Waals surface area contributed by atoms with Crippen LogP contribution < -0.4 is 14.4 Å². The highest BCUT2D eigenvalue weighted by Crippen LogP contribution is 2.41. The highest BCUT2D eigenvalue weighted by molar-refractivity contribution is 7.21. The lowest BCUT2D eigenvalue weighted by molar-refractivity contribution is 0.0992. The van der Waals surface area contributed by atoms with Crippen molar-refractivity contribution >= 4 is 56.2 Å². The highest BCUT2D eigenvalue weighted by atomic mass is 35.5. The van der Waals surface area contributed by atoms with E-state index in [4.69, 9.17) is 32.7 Å². The molecule has 1 aliphatic heterocycles. The van der Waals surface area contributed by atoms with Gasteiger partial charge in [-0.15, -0.1) is 11.3 Å². The molecule has 0 N–H and O–H groups in total. The molecule has 0 fully saturated rings. The van der Waals surface area contributed by atoms with E-state index < -0.39 is 0 Å². The monoisotopic (exact) mass is 393 g/mol. The first-order valence-corrected chi connectivity index (χ1v) is 9.25. The van der Waals surface area contributed by atoms with Crippen molar-refractivity contribution in [3.05, 3.63) is 51.3 Å². The van der Waals surface area contributed by atoms with Gasteiger partial charge in [0.1, 0.15) is 4.88 Å². The van der Waals surface area contributed by atoms with Crippen LogP contribution in [-0.4, -0.2) is 19.2 Å². The Morgan fingerprint density at radius 1 is 1.20 bits per heavy atom. The molecule has 128 valence electrons. The third-order valence-electron chi connectivity index (χ3n) is 4.03. The van der Waals surface area contributed by atoms with Crippen LogP contribution in [0.15, 0.2) is 36.4 Å². The first-order valence-electron chi connectivity index (χ1n) is 7.68. The largest absolute Gasteiger partial charge is 0.454 e. The van der Waals surface area contributed by atoms with Gasteiger partial charge in [0.05, 0.1) is 10.0 Å². The Hall–Kier alpha value is -1.95. The smallest absolute Gasteiger partial charge is 0.269 e. The standard InChI is InChI=1S/C18H13Cl2NO3S/c1-2-21(10-6-7-12-13(8-10)24-9-23-12)18(22)17-16(20)15-11(19)4-3-5-14(15)25-17/h3-8H,2,9H2,1H3. The Kier molecular flexibility index (Phi) is 4.23. The fourth-order valence-electron chi connectivity index (χ4n) is 2.83. The second-order valence-corrected chi connectivity index (χ2v) is 7.28. The summed E-state index contributed by atoms with van der Waals surface area (Å²) in [6.07, 6.45) is 0. The predicted molar refractivity (Wildman–Crippen MR) is 102 cm³/mol. The molecular weight excluding hydrogens is 381 g/mol. The molecule has 0 saturated heterocycles. The minimum atomic E-state index is -0.163. The van der Waals surface area contributed by atoms with Crippen molar-refractivity contribution in [3.63, 3.8) is 0 Å². The van der Waals surface area contributed by atoms with Crippen LogP contribution in [0.4, 0.5) is 5.69 Å². The lowest BCUT2D eigenvalue weighted by Gasteiger charge is -2.20. The second kappa shape index (κ2) is 6.41. The highest BCUT2D eigenvalue weighted by Gasteiger charge is 2.25. The van der Waals surface area contributed by atoms with Crippen molar-refractivity contribution in [2.45, 2.75) is 6.92 Å². The summed E-state index contributed by atoms with van der Waals surface area (Å²) in [5.74, 6) is 1.15. The van der Waals surface area contributed by atoms with Crippen LogP contribution in [0.3, 0.4) is 0 Å². The Morgan fingerprint density at radius 2 is 2.00 bits per heavy atom. The molecule has 25 heavy (non-hydrogen) atoms. The van der Waals surface area contributed by atoms with Gasteiger partial charge >= 0.3 is 0 Å². The number of carbonyl (C=O) groups excluding carboxylic acids is 1. The van der Waals surface area contributed by atoms with Crippen LogP contribution >= 0.6 is 34.5 Å². The third-order valence-corrected chi connectivity index (χ3v) is 5.98. The average molecular weight is 394 g/mol. The quantitative estimate of drug-likeness (QED) is 0.580. The minimum absolute atomic E-state index is 0.163. The van der Waals surface area contributed by atoms with Gasteiger partial charge in [0, 0.05) is 28.4 Å². The number of hydrogen-bond acceptors (Lipinski definition) is 4. The molecule has 0 unspecified atom stereocenters. The number of fused-ring (bicyclic) bond motifs is 2. The summed E-state index contributed by atoms with van der Waals surface area (Å²) in [4.78, 5) is 15.3. The molecule has 0 saturated carbocycles. The number of anilines is 1. The van der Waals surface area contributed by atoms with E-state index >= 15 is 0 Å². The van der Waals surface area contributed by atoms with Crippen LogP contribution in [0.2, 0.25) is 10.0 Å². The lowest BCUT2D eigenvalue weighted by Crippen LogP contribution is -2.30. The molecule has 1 aliphatic rings. The van der Waals surface area contributed by atoms with E-state index in [1.54, 1.807) is 23.1 Å². The molecule has 1 amide bonds. The van der Waals surface area contributed by atoms with E-state index in [1.807, 2.05) is 25.1 Å². The number of hydrogen-bond donors (Lipinski definition) is 0. The molecule has 0 bridgehead atoms. The maximum atomic E-state index is 13.1. The van der Waals surface area contributed by atoms with Crippen molar-refractivity contribution in [2.75, 3.05) is 18.2 Å². The summed E-state index contributed by atoms with van der Waals surface area (Å²) in [7, 11) is 0. The molecule has 2 aromatic carbocycles. The van der Waals surface area contributed by atoms with E-state index in [9.17, 15) is 4.79 Å². The lowest BCUT2D eigenvalue weighted by atomic mass is 10.2. The first-order chi connectivity index (χ1) is 12.1. The topological polar surface area (TPSA) is 38.8 Å². The van der Waals surface area contributed by atoms with Crippen LogP contribution in [0, 0.1) is 0 Å². The van der Waals surface area contributed by atoms with Crippen LogP contribution in [0.1, 0.15) is 16.6 Å². The molecule has 4 nitrogen and oxygen atoms in total. The van der Waals surface area contributed by atoms with Gasteiger partial charge < -0.3 is 14.4 Å². The summed E-state index contributed by atoms with van der Waals surface area (Å²) >= 11 is 14.1. The number of halogens is 2. The zero-order valence-corrected chi connectivity index (χ0v) is 15.5. The summed E-state index contributed by atoms with van der Waals surface area (Å²) in [6, 6.07) is 11.0. The van der Waals surface area contributed by atoms with Crippen molar-refractivity contribution in [1.29, 1.82) is 0 Å². The van der Waals surface area contributed by atoms with E-state index in [2.05, 4.69) is 0 Å². The SMILES string of the molecule is CCN(C(=O)c1sc2cccc(Cl)c2c1Cl)c1ccc2c(c1)OCO2. The number of nitrogens with zero attached hydrogens (tertiary/aromatic N) is 1. The number of ether oxygens (including phenoxy) is 2. The zero-order valence-electron chi connectivity index (χ0n) is 13.2. The van der Waals surface area contributed by atoms with Crippen molar-refractivity contribution in [3.8, 4) is 11.5 Å². The molecule has 0 spiro atoms. The van der Waals surface area contributed by atoms with E-state index in [0.29, 0.717) is 33.0 Å². The predicted octanol–water partition coefficient (Wildman–Crippen LogP) is 5.60. The molecular formula is C18H13Cl2NO3S. The molecule has 0 aliphatic carbocycles. The number of benzene rings is 2. The fraction of sp³-hybridized carbons (Fsp3) is 0.167. The Labute approximate surface area is 158 Å². The summed E-state index contributed by atoms with van der Waals surface area (Å²) < 4.78 is 11.6. The summed E-state index contributed by atoms with van der Waals surface area (Å²) in [6.45, 7) is 2.60. The van der Waals surface area contributed by atoms with E-state index in [-0.39, 0.29) is 12.7 Å². The fourth-order valence-corrected chi connectivity index (χ4v) is 4.73. The minimum Gasteiger partial charge on any atom is -0.454 e. The average Bonchev–Trinajstić information content (AvgIpc) is 3.20. The van der Waals surface area contributed by atoms with Gasteiger partial charge in [0.25, 0.3) is 5.91 Å². The van der Waals surface area contributed by atoms with Gasteiger partial charge in [-0.05, 0) is 31.2 Å². The first kappa shape index (κ1) is 16.5. The normalized spacial score (nSPS) is 12.6. The van der Waals surface area contributed by atoms with Gasteiger partial charge in [0.2, 0.25) is 6.79 Å². The van der Waals surface area contributed by atoms with Crippen molar-refractivity contribution in [1.82, 2.24) is 0 Å². The van der Waals surface area contributed by atoms with Crippen LogP contribution in [0.25, 0.3) is 10.1 Å². The maximum Gasteiger partial charge on any atom is 0.269 e. The Morgan fingerprint density at radius 3 is 2.76 bits per heavy atom. The molecule has 1 aromatic heterocycles. The van der Waals surface area contributed by atoms with Gasteiger partial charge in [-0.2, -0.15) is 0 Å². The van der Waals surface area contributed by atoms with Gasteiger partial charge in [-0.3, -0.25) is 4.79 Å². The van der Waals surface area contributed by atoms with Gasteiger partial charge in [-0.1, -0.05) is 29.3 Å². The Balaban J connectivity index is 1.76. The second-order valence-electron chi connectivity index (χ2n) is 5.45. The molecule has 0 atom stereocenters. The van der Waals surface area contributed by atoms with E-state index in [1.165, 1.54) is 11.3 Å². The van der Waals surface area contributed by atoms with Crippen LogP contribution in [-0.2, 0) is 0 Å². The number of amides is 1. The van der Waals surface area contributed by atoms with Crippen LogP contribution in [0.5, 0.6) is 11.5 Å². The van der Waals surface area contributed by atoms with Crippen molar-refractivity contribution in [2.24, 2.45) is 0 Å². The molecule has 7 heteroatoms. The zero-order chi connectivity index (χ0) is 17.6. The maximum absolute atomic E-state index is 13.1. The number of rotatable bonds is 3. The van der Waals surface area contributed by atoms with Gasteiger partial charge in [0.15, 0.2) is 11.5 Å².